The Bertz CT molecular complexity index is 813. The first kappa shape index (κ1) is 21.7. The second kappa shape index (κ2) is 11.3. The fourth-order valence-electron chi connectivity index (χ4n) is 2.24. The molecule has 0 saturated carbocycles. The molecule has 0 saturated heterocycles. The van der Waals surface area contributed by atoms with Crippen molar-refractivity contribution < 1.29 is 23.8 Å². The Hall–Kier alpha value is -2.58. The van der Waals surface area contributed by atoms with Gasteiger partial charge < -0.3 is 14.2 Å². The van der Waals surface area contributed by atoms with Gasteiger partial charge in [0.05, 0.1) is 6.61 Å². The molecule has 2 aromatic rings. The molecule has 2 amide bonds. The second-order valence-corrected chi connectivity index (χ2v) is 6.69. The van der Waals surface area contributed by atoms with E-state index >= 15 is 0 Å². The molecular weight excluding hydrogens is 428 g/mol. The molecule has 28 heavy (non-hydrogen) atoms. The Morgan fingerprint density at radius 1 is 1.04 bits per heavy atom. The van der Waals surface area contributed by atoms with Gasteiger partial charge >= 0.3 is 0 Å². The molecule has 0 aromatic heterocycles. The zero-order chi connectivity index (χ0) is 20.4. The largest absolute Gasteiger partial charge is 0.491 e. The van der Waals surface area contributed by atoms with E-state index in [2.05, 4.69) is 26.8 Å². The molecule has 0 spiro atoms. The predicted octanol–water partition coefficient (Wildman–Crippen LogP) is 3.01. The normalized spacial score (nSPS) is 10.2. The van der Waals surface area contributed by atoms with Gasteiger partial charge in [0.1, 0.15) is 18.1 Å². The summed E-state index contributed by atoms with van der Waals surface area (Å²) in [7, 11) is 0. The molecule has 2 rings (SSSR count). The summed E-state index contributed by atoms with van der Waals surface area (Å²) in [5.41, 5.74) is 5.94. The summed E-state index contributed by atoms with van der Waals surface area (Å²) < 4.78 is 17.1. The molecular formula is C20H23BrN2O5. The smallest absolute Gasteiger partial charge is 0.276 e. The van der Waals surface area contributed by atoms with E-state index in [0.29, 0.717) is 36.9 Å². The molecule has 2 aromatic carbocycles. The highest BCUT2D eigenvalue weighted by Gasteiger charge is 2.10. The van der Waals surface area contributed by atoms with Gasteiger partial charge in [-0.05, 0) is 55.8 Å². The number of nitrogens with one attached hydrogen (secondary N) is 2. The van der Waals surface area contributed by atoms with Gasteiger partial charge in [-0.25, -0.2) is 0 Å². The summed E-state index contributed by atoms with van der Waals surface area (Å²) in [6.07, 6.45) is 0. The van der Waals surface area contributed by atoms with Crippen LogP contribution in [-0.2, 0) is 9.53 Å². The van der Waals surface area contributed by atoms with Crippen LogP contribution in [0.5, 0.6) is 11.5 Å². The Morgan fingerprint density at radius 2 is 1.86 bits per heavy atom. The summed E-state index contributed by atoms with van der Waals surface area (Å²) in [6, 6.07) is 12.1. The van der Waals surface area contributed by atoms with Crippen LogP contribution in [0.2, 0.25) is 0 Å². The number of carbonyl (C=O) groups excluding carboxylic acids is 2. The molecule has 150 valence electrons. The Kier molecular flexibility index (Phi) is 8.77. The zero-order valence-electron chi connectivity index (χ0n) is 15.8. The molecule has 0 radical (unpaired) electrons. The number of rotatable bonds is 9. The second-order valence-electron chi connectivity index (χ2n) is 5.77. The van der Waals surface area contributed by atoms with Crippen molar-refractivity contribution in [2.45, 2.75) is 13.8 Å². The number of benzene rings is 2. The molecule has 8 heteroatoms. The maximum atomic E-state index is 12.2. The van der Waals surface area contributed by atoms with Gasteiger partial charge in [-0.1, -0.05) is 22.0 Å². The van der Waals surface area contributed by atoms with E-state index in [0.717, 1.165) is 10.0 Å². The van der Waals surface area contributed by atoms with Crippen LogP contribution < -0.4 is 20.3 Å². The van der Waals surface area contributed by atoms with Crippen molar-refractivity contribution in [3.63, 3.8) is 0 Å². The molecule has 0 fully saturated rings. The number of hydrazine groups is 1. The fraction of sp³-hybridized carbons (Fsp3) is 0.300. The fourth-order valence-corrected chi connectivity index (χ4v) is 2.72. The van der Waals surface area contributed by atoms with Crippen LogP contribution in [-0.4, -0.2) is 38.2 Å². The summed E-state index contributed by atoms with van der Waals surface area (Å²) in [5, 5.41) is 0. The number of halogens is 1. The van der Waals surface area contributed by atoms with Crippen LogP contribution in [0.15, 0.2) is 46.9 Å². The molecule has 0 aliphatic heterocycles. The van der Waals surface area contributed by atoms with E-state index in [9.17, 15) is 9.59 Å². The van der Waals surface area contributed by atoms with Crippen molar-refractivity contribution in [3.8, 4) is 11.5 Å². The number of hydrogen-bond acceptors (Lipinski definition) is 5. The summed E-state index contributed by atoms with van der Waals surface area (Å²) in [5.74, 6) is 0.220. The minimum atomic E-state index is -0.472. The topological polar surface area (TPSA) is 85.9 Å². The zero-order valence-corrected chi connectivity index (χ0v) is 17.4. The van der Waals surface area contributed by atoms with Crippen LogP contribution in [0, 0.1) is 6.92 Å². The average molecular weight is 451 g/mol. The molecule has 0 aliphatic rings. The molecule has 7 nitrogen and oxygen atoms in total. The molecule has 0 bridgehead atoms. The molecule has 2 N–H and O–H groups in total. The quantitative estimate of drug-likeness (QED) is 0.452. The van der Waals surface area contributed by atoms with E-state index in [-0.39, 0.29) is 6.61 Å². The summed E-state index contributed by atoms with van der Waals surface area (Å²) in [6.45, 7) is 5.05. The number of carbonyl (C=O) groups is 2. The molecule has 0 aliphatic carbocycles. The minimum Gasteiger partial charge on any atom is -0.491 e. The SMILES string of the molecule is CCOCCOc1cccc(C(=O)NNC(=O)COc2ccc(Br)cc2C)c1. The third kappa shape index (κ3) is 7.21. The number of aryl methyl sites for hydroxylation is 1. The Balaban J connectivity index is 1.78. The van der Waals surface area contributed by atoms with E-state index in [1.54, 1.807) is 30.3 Å². The molecule has 0 unspecified atom stereocenters. The van der Waals surface area contributed by atoms with Crippen molar-refractivity contribution in [3.05, 3.63) is 58.1 Å². The lowest BCUT2D eigenvalue weighted by molar-refractivity contribution is -0.123. The van der Waals surface area contributed by atoms with E-state index in [1.165, 1.54) is 0 Å². The van der Waals surface area contributed by atoms with Crippen molar-refractivity contribution >= 4 is 27.7 Å². The maximum absolute atomic E-state index is 12.2. The van der Waals surface area contributed by atoms with Gasteiger partial charge in [0.15, 0.2) is 6.61 Å². The molecule has 0 atom stereocenters. The van der Waals surface area contributed by atoms with Crippen LogP contribution in [0.4, 0.5) is 0 Å². The first-order chi connectivity index (χ1) is 13.5. The standard InChI is InChI=1S/C20H23BrN2O5/c1-3-26-9-10-27-17-6-4-5-15(12-17)20(25)23-22-19(24)13-28-18-8-7-16(21)11-14(18)2/h4-8,11-12H,3,9-10,13H2,1-2H3,(H,22,24)(H,23,25). The first-order valence-corrected chi connectivity index (χ1v) is 9.57. The maximum Gasteiger partial charge on any atom is 0.276 e. The van der Waals surface area contributed by atoms with E-state index in [1.807, 2.05) is 26.0 Å². The Morgan fingerprint density at radius 3 is 2.61 bits per heavy atom. The highest BCUT2D eigenvalue weighted by atomic mass is 79.9. The lowest BCUT2D eigenvalue weighted by atomic mass is 10.2. The average Bonchev–Trinajstić information content (AvgIpc) is 2.69. The summed E-state index contributed by atoms with van der Waals surface area (Å²) in [4.78, 5) is 24.1. The van der Waals surface area contributed by atoms with Gasteiger partial charge in [0.25, 0.3) is 11.8 Å². The van der Waals surface area contributed by atoms with Gasteiger partial charge in [-0.15, -0.1) is 0 Å². The van der Waals surface area contributed by atoms with Gasteiger partial charge in [0.2, 0.25) is 0 Å². The minimum absolute atomic E-state index is 0.219. The van der Waals surface area contributed by atoms with Crippen molar-refractivity contribution in [2.75, 3.05) is 26.4 Å². The van der Waals surface area contributed by atoms with Crippen LogP contribution >= 0.6 is 15.9 Å². The predicted molar refractivity (Wildman–Crippen MR) is 108 cm³/mol. The lowest BCUT2D eigenvalue weighted by Crippen LogP contribution is -2.43. The first-order valence-electron chi connectivity index (χ1n) is 8.78. The lowest BCUT2D eigenvalue weighted by Gasteiger charge is -2.11. The summed E-state index contributed by atoms with van der Waals surface area (Å²) >= 11 is 3.37. The third-order valence-corrected chi connectivity index (χ3v) is 4.10. The van der Waals surface area contributed by atoms with Gasteiger partial charge in [0, 0.05) is 16.6 Å². The highest BCUT2D eigenvalue weighted by Crippen LogP contribution is 2.21. The number of amides is 2. The van der Waals surface area contributed by atoms with Crippen LogP contribution in [0.3, 0.4) is 0 Å². The monoisotopic (exact) mass is 450 g/mol. The van der Waals surface area contributed by atoms with E-state index < -0.39 is 11.8 Å². The van der Waals surface area contributed by atoms with Crippen molar-refractivity contribution in [1.82, 2.24) is 10.9 Å². The van der Waals surface area contributed by atoms with Gasteiger partial charge in [-0.3, -0.25) is 20.4 Å². The van der Waals surface area contributed by atoms with Crippen molar-refractivity contribution in [1.29, 1.82) is 0 Å². The number of ether oxygens (including phenoxy) is 3. The number of hydrogen-bond donors (Lipinski definition) is 2. The Labute approximate surface area is 172 Å². The molecule has 0 heterocycles. The third-order valence-electron chi connectivity index (χ3n) is 3.61. The van der Waals surface area contributed by atoms with Gasteiger partial charge in [-0.2, -0.15) is 0 Å². The van der Waals surface area contributed by atoms with Crippen molar-refractivity contribution in [2.24, 2.45) is 0 Å². The van der Waals surface area contributed by atoms with Crippen LogP contribution in [0.25, 0.3) is 0 Å². The highest BCUT2D eigenvalue weighted by molar-refractivity contribution is 9.10. The van der Waals surface area contributed by atoms with Crippen LogP contribution in [0.1, 0.15) is 22.8 Å². The van der Waals surface area contributed by atoms with E-state index in [4.69, 9.17) is 14.2 Å².